The van der Waals surface area contributed by atoms with Crippen LogP contribution in [0.1, 0.15) is 44.9 Å². The van der Waals surface area contributed by atoms with Crippen LogP contribution in [0, 0.1) is 0 Å². The molecule has 1 aliphatic rings. The molecule has 0 spiro atoms. The number of nitrogens with one attached hydrogen (secondary N) is 2. The summed E-state index contributed by atoms with van der Waals surface area (Å²) in [6.07, 6.45) is 3.44. The molecule has 1 heterocycles. The first-order chi connectivity index (χ1) is 15.2. The smallest absolute Gasteiger partial charge is 0.326 e. The number of carboxylic acid groups (broad SMARTS) is 1. The van der Waals surface area contributed by atoms with Gasteiger partial charge in [0.15, 0.2) is 5.96 Å². The maximum absolute atomic E-state index is 12.7. The minimum absolute atomic E-state index is 0.0929. The molecule has 13 nitrogen and oxygen atoms in total. The van der Waals surface area contributed by atoms with E-state index in [-0.39, 0.29) is 25.5 Å². The highest BCUT2D eigenvalue weighted by Crippen LogP contribution is 2.18. The lowest BCUT2D eigenvalue weighted by Crippen LogP contribution is -2.53. The van der Waals surface area contributed by atoms with Crippen LogP contribution in [0.3, 0.4) is 0 Å². The van der Waals surface area contributed by atoms with Crippen LogP contribution in [0.5, 0.6) is 0 Å². The van der Waals surface area contributed by atoms with Crippen molar-refractivity contribution in [2.45, 2.75) is 63.1 Å². The zero-order valence-electron chi connectivity index (χ0n) is 18.3. The molecule has 0 aromatic carbocycles. The van der Waals surface area contributed by atoms with Crippen molar-refractivity contribution in [3.8, 4) is 0 Å². The van der Waals surface area contributed by atoms with Gasteiger partial charge in [0.2, 0.25) is 17.7 Å². The maximum Gasteiger partial charge on any atom is 0.326 e. The van der Waals surface area contributed by atoms with Crippen molar-refractivity contribution in [1.29, 1.82) is 0 Å². The fraction of sp³-hybridized carbons (Fsp3) is 0.737. The van der Waals surface area contributed by atoms with E-state index in [1.54, 1.807) is 0 Å². The quantitative estimate of drug-likeness (QED) is 0.0809. The van der Waals surface area contributed by atoms with Crippen LogP contribution in [0.15, 0.2) is 4.99 Å². The van der Waals surface area contributed by atoms with Gasteiger partial charge in [-0.2, -0.15) is 0 Å². The van der Waals surface area contributed by atoms with E-state index in [4.69, 9.17) is 22.9 Å². The summed E-state index contributed by atoms with van der Waals surface area (Å²) >= 11 is 0. The van der Waals surface area contributed by atoms with Crippen molar-refractivity contribution >= 4 is 29.7 Å². The predicted octanol–water partition coefficient (Wildman–Crippen LogP) is -2.83. The van der Waals surface area contributed by atoms with E-state index >= 15 is 0 Å². The molecule has 1 rings (SSSR count). The fourth-order valence-corrected chi connectivity index (χ4v) is 3.40. The summed E-state index contributed by atoms with van der Waals surface area (Å²) in [5.41, 5.74) is 21.7. The molecule has 1 fully saturated rings. The molecular formula is C19H36N8O5. The van der Waals surface area contributed by atoms with Crippen LogP contribution in [0.25, 0.3) is 0 Å². The topological polar surface area (TPSA) is 232 Å². The number of nitrogens with two attached hydrogens (primary N) is 4. The average molecular weight is 457 g/mol. The molecule has 0 aromatic rings. The summed E-state index contributed by atoms with van der Waals surface area (Å²) in [7, 11) is 0. The number of unbranched alkanes of at least 4 members (excludes halogenated alkanes) is 1. The van der Waals surface area contributed by atoms with Gasteiger partial charge in [0, 0.05) is 13.1 Å². The standard InChI is InChI=1S/C19H36N8O5/c20-8-2-1-5-12(21)16(29)25-11-15(28)27-10-4-7-14(27)17(30)26-13(18(31)32)6-3-9-24-19(22)23/h12-14H,1-11,20-21H2,(H,25,29)(H,26,30)(H,31,32)(H4,22,23,24). The second-order valence-electron chi connectivity index (χ2n) is 7.70. The number of carboxylic acids is 1. The second-order valence-corrected chi connectivity index (χ2v) is 7.70. The molecule has 11 N–H and O–H groups in total. The summed E-state index contributed by atoms with van der Waals surface area (Å²) in [6.45, 7) is 0.819. The highest BCUT2D eigenvalue weighted by atomic mass is 16.4. The van der Waals surface area contributed by atoms with Gasteiger partial charge in [0.25, 0.3) is 0 Å². The van der Waals surface area contributed by atoms with E-state index < -0.39 is 41.8 Å². The Morgan fingerprint density at radius 2 is 1.84 bits per heavy atom. The Balaban J connectivity index is 2.56. The number of aliphatic carboxylic acids is 1. The third-order valence-corrected chi connectivity index (χ3v) is 5.16. The molecule has 3 atom stereocenters. The van der Waals surface area contributed by atoms with Gasteiger partial charge in [0.05, 0.1) is 12.6 Å². The summed E-state index contributed by atoms with van der Waals surface area (Å²) in [4.78, 5) is 53.9. The minimum atomic E-state index is -1.19. The molecule has 3 unspecified atom stereocenters. The van der Waals surface area contributed by atoms with Gasteiger partial charge in [-0.3, -0.25) is 19.4 Å². The summed E-state index contributed by atoms with van der Waals surface area (Å²) in [5, 5.41) is 14.4. The number of aliphatic imine (C=N–C) groups is 1. The van der Waals surface area contributed by atoms with Crippen LogP contribution in [0.4, 0.5) is 0 Å². The zero-order valence-corrected chi connectivity index (χ0v) is 18.3. The molecule has 0 saturated carbocycles. The van der Waals surface area contributed by atoms with Crippen molar-refractivity contribution in [3.05, 3.63) is 0 Å². The maximum atomic E-state index is 12.7. The van der Waals surface area contributed by atoms with Gasteiger partial charge in [-0.15, -0.1) is 0 Å². The molecule has 182 valence electrons. The van der Waals surface area contributed by atoms with Crippen LogP contribution >= 0.6 is 0 Å². The third kappa shape index (κ3) is 9.47. The Morgan fingerprint density at radius 1 is 1.12 bits per heavy atom. The zero-order chi connectivity index (χ0) is 24.1. The Kier molecular flexibility index (Phi) is 12.0. The van der Waals surface area contributed by atoms with Gasteiger partial charge in [-0.1, -0.05) is 6.42 Å². The lowest BCUT2D eigenvalue weighted by atomic mass is 10.1. The largest absolute Gasteiger partial charge is 0.480 e. The number of carbonyl (C=O) groups excluding carboxylic acids is 3. The lowest BCUT2D eigenvalue weighted by molar-refractivity contribution is -0.144. The number of nitrogens with zero attached hydrogens (tertiary/aromatic N) is 2. The van der Waals surface area contributed by atoms with E-state index in [1.165, 1.54) is 4.90 Å². The molecule has 0 aromatic heterocycles. The Hall–Kier alpha value is -2.93. The first-order valence-corrected chi connectivity index (χ1v) is 10.8. The highest BCUT2D eigenvalue weighted by Gasteiger charge is 2.35. The molecule has 0 radical (unpaired) electrons. The monoisotopic (exact) mass is 456 g/mol. The Labute approximate surface area is 187 Å². The molecule has 32 heavy (non-hydrogen) atoms. The fourth-order valence-electron chi connectivity index (χ4n) is 3.40. The van der Waals surface area contributed by atoms with Crippen LogP contribution in [-0.2, 0) is 19.2 Å². The van der Waals surface area contributed by atoms with E-state index in [9.17, 15) is 24.3 Å². The van der Waals surface area contributed by atoms with Crippen molar-refractivity contribution < 1.29 is 24.3 Å². The summed E-state index contributed by atoms with van der Waals surface area (Å²) in [5.74, 6) is -2.69. The average Bonchev–Trinajstić information content (AvgIpc) is 3.23. The van der Waals surface area contributed by atoms with Crippen LogP contribution in [0.2, 0.25) is 0 Å². The van der Waals surface area contributed by atoms with Gasteiger partial charge in [-0.05, 0) is 45.1 Å². The number of rotatable bonds is 14. The number of hydrogen-bond acceptors (Lipinski definition) is 7. The van der Waals surface area contributed by atoms with Gasteiger partial charge in [-0.25, -0.2) is 4.79 Å². The normalized spacial score (nSPS) is 17.3. The van der Waals surface area contributed by atoms with E-state index in [0.29, 0.717) is 45.2 Å². The van der Waals surface area contributed by atoms with Gasteiger partial charge in [0.1, 0.15) is 12.1 Å². The van der Waals surface area contributed by atoms with E-state index in [1.807, 2.05) is 0 Å². The molecule has 0 bridgehead atoms. The molecule has 3 amide bonds. The van der Waals surface area contributed by atoms with E-state index in [2.05, 4.69) is 15.6 Å². The number of likely N-dealkylation sites (tertiary alicyclic amines) is 1. The number of guanidine groups is 1. The molecule has 13 heteroatoms. The van der Waals surface area contributed by atoms with Crippen molar-refractivity contribution in [2.24, 2.45) is 27.9 Å². The predicted molar refractivity (Wildman–Crippen MR) is 118 cm³/mol. The molecule has 1 aliphatic heterocycles. The molecular weight excluding hydrogens is 420 g/mol. The summed E-state index contributed by atoms with van der Waals surface area (Å²) in [6, 6.07) is -2.65. The minimum Gasteiger partial charge on any atom is -0.480 e. The van der Waals surface area contributed by atoms with Gasteiger partial charge >= 0.3 is 5.97 Å². The van der Waals surface area contributed by atoms with E-state index in [0.717, 1.165) is 6.42 Å². The lowest BCUT2D eigenvalue weighted by Gasteiger charge is -2.26. The van der Waals surface area contributed by atoms with Crippen molar-refractivity contribution in [1.82, 2.24) is 15.5 Å². The highest BCUT2D eigenvalue weighted by molar-refractivity contribution is 5.93. The second kappa shape index (κ2) is 14.2. The van der Waals surface area contributed by atoms with Crippen LogP contribution < -0.4 is 33.6 Å². The number of carbonyl (C=O) groups is 4. The third-order valence-electron chi connectivity index (χ3n) is 5.16. The van der Waals surface area contributed by atoms with Crippen molar-refractivity contribution in [2.75, 3.05) is 26.2 Å². The Morgan fingerprint density at radius 3 is 2.47 bits per heavy atom. The first-order valence-electron chi connectivity index (χ1n) is 10.8. The van der Waals surface area contributed by atoms with Gasteiger partial charge < -0.3 is 43.6 Å². The SMILES string of the molecule is NCCCCC(N)C(=O)NCC(=O)N1CCCC1C(=O)NC(CCCN=C(N)N)C(=O)O. The summed E-state index contributed by atoms with van der Waals surface area (Å²) < 4.78 is 0. The number of hydrogen-bond donors (Lipinski definition) is 7. The molecule has 1 saturated heterocycles. The molecule has 0 aliphatic carbocycles. The van der Waals surface area contributed by atoms with Crippen LogP contribution in [-0.4, -0.2) is 84.0 Å². The first kappa shape index (κ1) is 27.1. The number of amides is 3. The Bertz CT molecular complexity index is 683. The van der Waals surface area contributed by atoms with Crippen molar-refractivity contribution in [3.63, 3.8) is 0 Å².